The Hall–Kier alpha value is -0.120. The summed E-state index contributed by atoms with van der Waals surface area (Å²) < 4.78 is 5.46. The highest BCUT2D eigenvalue weighted by atomic mass is 16.5. The van der Waals surface area contributed by atoms with Crippen molar-refractivity contribution in [1.29, 1.82) is 0 Å². The largest absolute Gasteiger partial charge is 0.380 e. The zero-order valence-electron chi connectivity index (χ0n) is 9.17. The molecule has 2 aliphatic rings. The Morgan fingerprint density at radius 3 is 3.00 bits per heavy atom. The van der Waals surface area contributed by atoms with Gasteiger partial charge in [0.15, 0.2) is 0 Å². The van der Waals surface area contributed by atoms with Crippen LogP contribution in [-0.4, -0.2) is 50.8 Å². The topological polar surface area (TPSA) is 24.5 Å². The number of ether oxygens (including phenoxy) is 1. The predicted octanol–water partition coefficient (Wildman–Crippen LogP) is 0.564. The molecule has 0 unspecified atom stereocenters. The highest BCUT2D eigenvalue weighted by molar-refractivity contribution is 4.80. The Balaban J connectivity index is 1.77. The van der Waals surface area contributed by atoms with E-state index in [0.29, 0.717) is 0 Å². The van der Waals surface area contributed by atoms with Crippen molar-refractivity contribution in [2.75, 3.05) is 45.9 Å². The highest BCUT2D eigenvalue weighted by Crippen LogP contribution is 2.17. The first-order valence-corrected chi connectivity index (χ1v) is 5.87. The summed E-state index contributed by atoms with van der Waals surface area (Å²) in [5.74, 6) is 1.70. The monoisotopic (exact) mass is 198 g/mol. The molecule has 2 rings (SSSR count). The summed E-state index contributed by atoms with van der Waals surface area (Å²) in [5.41, 5.74) is 0. The molecule has 1 N–H and O–H groups in total. The van der Waals surface area contributed by atoms with E-state index in [9.17, 15) is 0 Å². The van der Waals surface area contributed by atoms with Gasteiger partial charge in [-0.2, -0.15) is 0 Å². The minimum absolute atomic E-state index is 0.846. The Labute approximate surface area is 86.8 Å². The summed E-state index contributed by atoms with van der Waals surface area (Å²) in [6.07, 6.45) is 1.20. The highest BCUT2D eigenvalue weighted by Gasteiger charge is 2.25. The summed E-state index contributed by atoms with van der Waals surface area (Å²) in [7, 11) is 0. The van der Waals surface area contributed by atoms with Crippen LogP contribution >= 0.6 is 0 Å². The van der Waals surface area contributed by atoms with Gasteiger partial charge >= 0.3 is 0 Å². The Morgan fingerprint density at radius 2 is 2.21 bits per heavy atom. The molecular weight excluding hydrogens is 176 g/mol. The molecule has 0 aromatic heterocycles. The standard InChI is InChI=1S/C11H22N2O/c1-10-7-12-8-11(10)9-13-3-2-5-14-6-4-13/h10-12H,2-9H2,1H3/t10-,11+/m1/s1. The molecule has 0 aliphatic carbocycles. The van der Waals surface area contributed by atoms with Crippen LogP contribution in [0.15, 0.2) is 0 Å². The third-order valence-electron chi connectivity index (χ3n) is 3.49. The Bertz CT molecular complexity index is 167. The van der Waals surface area contributed by atoms with E-state index in [1.54, 1.807) is 0 Å². The van der Waals surface area contributed by atoms with E-state index in [2.05, 4.69) is 17.1 Å². The van der Waals surface area contributed by atoms with Gasteiger partial charge in [0.2, 0.25) is 0 Å². The lowest BCUT2D eigenvalue weighted by Gasteiger charge is -2.24. The minimum Gasteiger partial charge on any atom is -0.380 e. The van der Waals surface area contributed by atoms with Gasteiger partial charge in [-0.3, -0.25) is 0 Å². The second-order valence-corrected chi connectivity index (χ2v) is 4.66. The summed E-state index contributed by atoms with van der Waals surface area (Å²) in [6, 6.07) is 0. The summed E-state index contributed by atoms with van der Waals surface area (Å²) in [4.78, 5) is 2.57. The van der Waals surface area contributed by atoms with E-state index in [1.165, 1.54) is 32.6 Å². The normalized spacial score (nSPS) is 35.8. The quantitative estimate of drug-likeness (QED) is 0.702. The zero-order valence-corrected chi connectivity index (χ0v) is 9.17. The summed E-state index contributed by atoms with van der Waals surface area (Å²) in [6.45, 7) is 10.3. The molecule has 0 bridgehead atoms. The lowest BCUT2D eigenvalue weighted by molar-refractivity contribution is 0.137. The Kier molecular flexibility index (Phi) is 3.79. The Morgan fingerprint density at radius 1 is 1.29 bits per heavy atom. The number of hydrogen-bond acceptors (Lipinski definition) is 3. The smallest absolute Gasteiger partial charge is 0.0593 e. The van der Waals surface area contributed by atoms with Crippen LogP contribution in [0.25, 0.3) is 0 Å². The van der Waals surface area contributed by atoms with Gasteiger partial charge in [-0.25, -0.2) is 0 Å². The molecule has 0 aromatic rings. The van der Waals surface area contributed by atoms with Crippen molar-refractivity contribution in [3.63, 3.8) is 0 Å². The maximum atomic E-state index is 5.46. The maximum Gasteiger partial charge on any atom is 0.0593 e. The van der Waals surface area contributed by atoms with Crippen LogP contribution in [0.4, 0.5) is 0 Å². The van der Waals surface area contributed by atoms with Crippen molar-refractivity contribution in [1.82, 2.24) is 10.2 Å². The van der Waals surface area contributed by atoms with Crippen LogP contribution in [0.3, 0.4) is 0 Å². The second-order valence-electron chi connectivity index (χ2n) is 4.66. The van der Waals surface area contributed by atoms with Crippen LogP contribution in [-0.2, 0) is 4.74 Å². The summed E-state index contributed by atoms with van der Waals surface area (Å²) >= 11 is 0. The van der Waals surface area contributed by atoms with Gasteiger partial charge in [-0.15, -0.1) is 0 Å². The number of rotatable bonds is 2. The third-order valence-corrected chi connectivity index (χ3v) is 3.49. The van der Waals surface area contributed by atoms with Gasteiger partial charge in [0.25, 0.3) is 0 Å². The first kappa shape index (κ1) is 10.4. The molecule has 3 heteroatoms. The van der Waals surface area contributed by atoms with Crippen molar-refractivity contribution in [3.05, 3.63) is 0 Å². The van der Waals surface area contributed by atoms with Gasteiger partial charge in [0, 0.05) is 26.2 Å². The molecule has 2 aliphatic heterocycles. The predicted molar refractivity (Wildman–Crippen MR) is 57.4 cm³/mol. The number of nitrogens with one attached hydrogen (secondary N) is 1. The molecule has 0 radical (unpaired) electrons. The first-order valence-electron chi connectivity index (χ1n) is 5.87. The van der Waals surface area contributed by atoms with E-state index >= 15 is 0 Å². The average molecular weight is 198 g/mol. The molecule has 2 saturated heterocycles. The molecule has 14 heavy (non-hydrogen) atoms. The molecular formula is C11H22N2O. The first-order chi connectivity index (χ1) is 6.86. The molecule has 0 saturated carbocycles. The summed E-state index contributed by atoms with van der Waals surface area (Å²) in [5, 5.41) is 3.47. The molecule has 0 spiro atoms. The molecule has 2 atom stereocenters. The fourth-order valence-electron chi connectivity index (χ4n) is 2.42. The van der Waals surface area contributed by atoms with E-state index in [4.69, 9.17) is 4.74 Å². The van der Waals surface area contributed by atoms with Crippen molar-refractivity contribution in [2.24, 2.45) is 11.8 Å². The second kappa shape index (κ2) is 5.10. The third kappa shape index (κ3) is 2.69. The maximum absolute atomic E-state index is 5.46. The van der Waals surface area contributed by atoms with Crippen molar-refractivity contribution in [2.45, 2.75) is 13.3 Å². The van der Waals surface area contributed by atoms with E-state index < -0.39 is 0 Å². The number of hydrogen-bond donors (Lipinski definition) is 1. The van der Waals surface area contributed by atoms with Gasteiger partial charge in [0.05, 0.1) is 6.61 Å². The SMILES string of the molecule is C[C@@H]1CNC[C@H]1CN1CCCOCC1. The van der Waals surface area contributed by atoms with Crippen molar-refractivity contribution >= 4 is 0 Å². The van der Waals surface area contributed by atoms with Crippen molar-refractivity contribution < 1.29 is 4.74 Å². The van der Waals surface area contributed by atoms with Crippen LogP contribution in [0.1, 0.15) is 13.3 Å². The number of nitrogens with zero attached hydrogens (tertiary/aromatic N) is 1. The molecule has 3 nitrogen and oxygen atoms in total. The van der Waals surface area contributed by atoms with Gasteiger partial charge in [-0.05, 0) is 31.3 Å². The van der Waals surface area contributed by atoms with Crippen LogP contribution in [0.2, 0.25) is 0 Å². The van der Waals surface area contributed by atoms with Crippen LogP contribution in [0, 0.1) is 11.8 Å². The van der Waals surface area contributed by atoms with Gasteiger partial charge in [-0.1, -0.05) is 6.92 Å². The van der Waals surface area contributed by atoms with Crippen molar-refractivity contribution in [3.8, 4) is 0 Å². The fourth-order valence-corrected chi connectivity index (χ4v) is 2.42. The molecule has 2 heterocycles. The molecule has 0 aromatic carbocycles. The van der Waals surface area contributed by atoms with Gasteiger partial charge < -0.3 is 15.0 Å². The zero-order chi connectivity index (χ0) is 9.80. The van der Waals surface area contributed by atoms with Crippen LogP contribution in [0.5, 0.6) is 0 Å². The lowest BCUT2D eigenvalue weighted by Crippen LogP contribution is -2.34. The average Bonchev–Trinajstić information content (AvgIpc) is 2.44. The van der Waals surface area contributed by atoms with E-state index in [0.717, 1.165) is 31.6 Å². The van der Waals surface area contributed by atoms with E-state index in [-0.39, 0.29) is 0 Å². The lowest BCUT2D eigenvalue weighted by atomic mass is 9.97. The minimum atomic E-state index is 0.846. The van der Waals surface area contributed by atoms with E-state index in [1.807, 2.05) is 0 Å². The fraction of sp³-hybridized carbons (Fsp3) is 1.00. The molecule has 0 amide bonds. The molecule has 2 fully saturated rings. The van der Waals surface area contributed by atoms with Crippen LogP contribution < -0.4 is 5.32 Å². The van der Waals surface area contributed by atoms with Gasteiger partial charge in [0.1, 0.15) is 0 Å². The molecule has 82 valence electrons.